The van der Waals surface area contributed by atoms with E-state index >= 15 is 0 Å². The first-order valence-corrected chi connectivity index (χ1v) is 7.92. The molecule has 0 aliphatic carbocycles. The van der Waals surface area contributed by atoms with Crippen LogP contribution in [-0.2, 0) is 11.3 Å². The van der Waals surface area contributed by atoms with Gasteiger partial charge in [-0.3, -0.25) is 9.69 Å². The Bertz CT molecular complexity index is 673. The Balaban J connectivity index is 1.56. The maximum atomic E-state index is 12.4. The Morgan fingerprint density at radius 3 is 3.09 bits per heavy atom. The van der Waals surface area contributed by atoms with Crippen molar-refractivity contribution in [3.63, 3.8) is 0 Å². The molecule has 7 nitrogen and oxygen atoms in total. The number of amides is 1. The number of pyridine rings is 1. The highest BCUT2D eigenvalue weighted by atomic mass is 35.5. The van der Waals surface area contributed by atoms with Gasteiger partial charge in [0.15, 0.2) is 5.82 Å². The first-order valence-electron chi connectivity index (χ1n) is 7.54. The number of likely N-dealkylation sites (tertiary alicyclic amines) is 1. The highest BCUT2D eigenvalue weighted by Gasteiger charge is 2.26. The summed E-state index contributed by atoms with van der Waals surface area (Å²) in [5.74, 6) is 1.64. The Morgan fingerprint density at radius 1 is 1.52 bits per heavy atom. The molecule has 1 atom stereocenters. The van der Waals surface area contributed by atoms with Crippen LogP contribution in [0.25, 0.3) is 0 Å². The van der Waals surface area contributed by atoms with Gasteiger partial charge in [0.05, 0.1) is 17.5 Å². The fraction of sp³-hybridized carbons (Fsp3) is 0.467. The molecule has 0 radical (unpaired) electrons. The first-order chi connectivity index (χ1) is 11.1. The van der Waals surface area contributed by atoms with Gasteiger partial charge in [-0.05, 0) is 31.5 Å². The van der Waals surface area contributed by atoms with Crippen molar-refractivity contribution in [2.45, 2.75) is 26.3 Å². The van der Waals surface area contributed by atoms with Crippen LogP contribution in [0.3, 0.4) is 0 Å². The monoisotopic (exact) mass is 335 g/mol. The van der Waals surface area contributed by atoms with Crippen molar-refractivity contribution in [3.8, 4) is 0 Å². The number of anilines is 1. The van der Waals surface area contributed by atoms with E-state index in [2.05, 4.69) is 25.3 Å². The number of carbonyl (C=O) groups excluding carboxylic acids is 1. The fourth-order valence-corrected chi connectivity index (χ4v) is 2.81. The summed E-state index contributed by atoms with van der Waals surface area (Å²) in [5.41, 5.74) is 0. The maximum Gasteiger partial charge on any atom is 0.229 e. The normalized spacial score (nSPS) is 18.8. The average Bonchev–Trinajstić information content (AvgIpc) is 2.95. The third-order valence-electron chi connectivity index (χ3n) is 3.79. The van der Waals surface area contributed by atoms with Crippen LogP contribution in [-0.4, -0.2) is 39.0 Å². The van der Waals surface area contributed by atoms with Crippen LogP contribution in [0.1, 0.15) is 24.6 Å². The SMILES string of the molecule is Cc1nc(CN2CCC[C@H](C(=O)Nc3ccc(Cl)cn3)C2)no1. The number of halogens is 1. The van der Waals surface area contributed by atoms with Gasteiger partial charge in [-0.1, -0.05) is 16.8 Å². The van der Waals surface area contributed by atoms with Crippen LogP contribution < -0.4 is 5.32 Å². The van der Waals surface area contributed by atoms with Crippen LogP contribution >= 0.6 is 11.6 Å². The van der Waals surface area contributed by atoms with Gasteiger partial charge in [0.25, 0.3) is 0 Å². The molecule has 0 aromatic carbocycles. The Labute approximate surface area is 139 Å². The third-order valence-corrected chi connectivity index (χ3v) is 4.01. The lowest BCUT2D eigenvalue weighted by Gasteiger charge is -2.30. The van der Waals surface area contributed by atoms with Crippen molar-refractivity contribution in [3.05, 3.63) is 35.1 Å². The Hall–Kier alpha value is -1.99. The largest absolute Gasteiger partial charge is 0.340 e. The summed E-state index contributed by atoms with van der Waals surface area (Å²) >= 11 is 5.79. The zero-order chi connectivity index (χ0) is 16.2. The number of piperidine rings is 1. The molecule has 0 spiro atoms. The zero-order valence-corrected chi connectivity index (χ0v) is 13.6. The molecule has 1 N–H and O–H groups in total. The molecular formula is C15H18ClN5O2. The van der Waals surface area contributed by atoms with Crippen LogP contribution in [0.2, 0.25) is 5.02 Å². The summed E-state index contributed by atoms with van der Waals surface area (Å²) in [6.07, 6.45) is 3.34. The van der Waals surface area contributed by atoms with Gasteiger partial charge in [0.1, 0.15) is 5.82 Å². The van der Waals surface area contributed by atoms with Crippen molar-refractivity contribution in [2.75, 3.05) is 18.4 Å². The van der Waals surface area contributed by atoms with Crippen molar-refractivity contribution in [1.29, 1.82) is 0 Å². The molecule has 3 heterocycles. The van der Waals surface area contributed by atoms with Crippen LogP contribution in [0, 0.1) is 12.8 Å². The van der Waals surface area contributed by atoms with Crippen LogP contribution in [0.5, 0.6) is 0 Å². The first kappa shape index (κ1) is 15.9. The highest BCUT2D eigenvalue weighted by Crippen LogP contribution is 2.20. The van der Waals surface area contributed by atoms with E-state index in [4.69, 9.17) is 16.1 Å². The molecule has 2 aromatic heterocycles. The number of hydrogen-bond donors (Lipinski definition) is 1. The molecule has 2 aromatic rings. The molecule has 1 fully saturated rings. The van der Waals surface area contributed by atoms with Crippen LogP contribution in [0.15, 0.2) is 22.9 Å². The summed E-state index contributed by atoms with van der Waals surface area (Å²) in [7, 11) is 0. The Kier molecular flexibility index (Phi) is 4.88. The third kappa shape index (κ3) is 4.27. The number of rotatable bonds is 4. The molecule has 1 aliphatic heterocycles. The second kappa shape index (κ2) is 7.06. The lowest BCUT2D eigenvalue weighted by atomic mass is 9.97. The smallest absolute Gasteiger partial charge is 0.229 e. The van der Waals surface area contributed by atoms with Gasteiger partial charge in [0.2, 0.25) is 11.8 Å². The molecule has 23 heavy (non-hydrogen) atoms. The number of carbonyl (C=O) groups is 1. The number of hydrogen-bond acceptors (Lipinski definition) is 6. The van der Waals surface area contributed by atoms with Gasteiger partial charge in [-0.15, -0.1) is 0 Å². The number of aryl methyl sites for hydroxylation is 1. The molecule has 8 heteroatoms. The summed E-state index contributed by atoms with van der Waals surface area (Å²) in [4.78, 5) is 22.9. The van der Waals surface area contributed by atoms with Crippen molar-refractivity contribution in [1.82, 2.24) is 20.0 Å². The van der Waals surface area contributed by atoms with E-state index in [1.165, 1.54) is 6.20 Å². The molecule has 1 amide bonds. The molecular weight excluding hydrogens is 318 g/mol. The quantitative estimate of drug-likeness (QED) is 0.922. The van der Waals surface area contributed by atoms with Gasteiger partial charge in [-0.25, -0.2) is 4.98 Å². The maximum absolute atomic E-state index is 12.4. The second-order valence-corrected chi connectivity index (χ2v) is 6.09. The van der Waals surface area contributed by atoms with E-state index in [0.29, 0.717) is 35.6 Å². The van der Waals surface area contributed by atoms with E-state index in [0.717, 1.165) is 19.4 Å². The molecule has 0 bridgehead atoms. The molecule has 1 saturated heterocycles. The van der Waals surface area contributed by atoms with E-state index in [1.807, 2.05) is 0 Å². The summed E-state index contributed by atoms with van der Waals surface area (Å²) in [6, 6.07) is 3.40. The molecule has 0 unspecified atom stereocenters. The van der Waals surface area contributed by atoms with Crippen LogP contribution in [0.4, 0.5) is 5.82 Å². The lowest BCUT2D eigenvalue weighted by molar-refractivity contribution is -0.121. The fourth-order valence-electron chi connectivity index (χ4n) is 2.70. The van der Waals surface area contributed by atoms with Gasteiger partial charge >= 0.3 is 0 Å². The minimum Gasteiger partial charge on any atom is -0.340 e. The minimum absolute atomic E-state index is 0.0196. The summed E-state index contributed by atoms with van der Waals surface area (Å²) < 4.78 is 4.98. The van der Waals surface area contributed by atoms with Gasteiger partial charge in [0, 0.05) is 19.7 Å². The summed E-state index contributed by atoms with van der Waals surface area (Å²) in [6.45, 7) is 3.96. The molecule has 3 rings (SSSR count). The second-order valence-electron chi connectivity index (χ2n) is 5.65. The van der Waals surface area contributed by atoms with E-state index in [9.17, 15) is 4.79 Å². The molecule has 1 aliphatic rings. The van der Waals surface area contributed by atoms with Gasteiger partial charge in [-0.2, -0.15) is 4.98 Å². The van der Waals surface area contributed by atoms with Crippen molar-refractivity contribution >= 4 is 23.3 Å². The van der Waals surface area contributed by atoms with Gasteiger partial charge < -0.3 is 9.84 Å². The zero-order valence-electron chi connectivity index (χ0n) is 12.8. The number of nitrogens with zero attached hydrogens (tertiary/aromatic N) is 4. The highest BCUT2D eigenvalue weighted by molar-refractivity contribution is 6.30. The number of aromatic nitrogens is 3. The van der Waals surface area contributed by atoms with E-state index in [-0.39, 0.29) is 11.8 Å². The predicted octanol–water partition coefficient (Wildman–Crippen LogP) is 2.28. The lowest BCUT2D eigenvalue weighted by Crippen LogP contribution is -2.40. The minimum atomic E-state index is -0.0748. The Morgan fingerprint density at radius 2 is 2.39 bits per heavy atom. The number of nitrogens with one attached hydrogen (secondary N) is 1. The predicted molar refractivity (Wildman–Crippen MR) is 84.9 cm³/mol. The van der Waals surface area contributed by atoms with Crippen molar-refractivity contribution < 1.29 is 9.32 Å². The topological polar surface area (TPSA) is 84.2 Å². The van der Waals surface area contributed by atoms with E-state index in [1.54, 1.807) is 19.1 Å². The molecule has 0 saturated carbocycles. The molecule has 122 valence electrons. The van der Waals surface area contributed by atoms with E-state index < -0.39 is 0 Å². The average molecular weight is 336 g/mol. The summed E-state index contributed by atoms with van der Waals surface area (Å²) in [5, 5.41) is 7.29. The van der Waals surface area contributed by atoms with Crippen molar-refractivity contribution in [2.24, 2.45) is 5.92 Å². The standard InChI is InChI=1S/C15H18ClN5O2/c1-10-18-14(20-23-10)9-21-6-2-3-11(8-21)15(22)19-13-5-4-12(16)7-17-13/h4-5,7,11H,2-3,6,8-9H2,1H3,(H,17,19,22)/t11-/m0/s1.